The molecule has 0 saturated carbocycles. The highest BCUT2D eigenvalue weighted by Gasteiger charge is 2.24. The van der Waals surface area contributed by atoms with Gasteiger partial charge in [0.2, 0.25) is 0 Å². The van der Waals surface area contributed by atoms with Gasteiger partial charge in [-0.3, -0.25) is 0 Å². The maximum Gasteiger partial charge on any atom is 0.335 e. The predicted molar refractivity (Wildman–Crippen MR) is 70.4 cm³/mol. The molecule has 0 aromatic heterocycles. The van der Waals surface area contributed by atoms with Crippen molar-refractivity contribution < 1.29 is 14.6 Å². The standard InChI is InChI=1S/C14H19NO3/c1-9-6-12(4-5-13(9)14(16)17)15-7-11(3)18-8-10(15)2/h4-6,10-11H,7-8H2,1-3H3,(H,16,17). The summed E-state index contributed by atoms with van der Waals surface area (Å²) in [5, 5.41) is 9.03. The smallest absolute Gasteiger partial charge is 0.335 e. The molecule has 0 bridgehead atoms. The SMILES string of the molecule is Cc1cc(N2CC(C)OCC2C)ccc1C(=O)O. The Balaban J connectivity index is 2.28. The number of nitrogens with zero attached hydrogens (tertiary/aromatic N) is 1. The summed E-state index contributed by atoms with van der Waals surface area (Å²) in [5.74, 6) is -0.873. The number of carboxylic acid groups (broad SMARTS) is 1. The third-order valence-corrected chi connectivity index (χ3v) is 3.38. The summed E-state index contributed by atoms with van der Waals surface area (Å²) in [6.07, 6.45) is 0.209. The lowest BCUT2D eigenvalue weighted by molar-refractivity contribution is 0.0343. The van der Waals surface area contributed by atoms with Crippen molar-refractivity contribution in [2.24, 2.45) is 0 Å². The molecular formula is C14H19NO3. The van der Waals surface area contributed by atoms with Crippen LogP contribution >= 0.6 is 0 Å². The lowest BCUT2D eigenvalue weighted by Gasteiger charge is -2.38. The number of morpholine rings is 1. The van der Waals surface area contributed by atoms with E-state index in [1.165, 1.54) is 0 Å². The molecule has 1 aromatic carbocycles. The van der Waals surface area contributed by atoms with Crippen molar-refractivity contribution in [2.75, 3.05) is 18.1 Å². The van der Waals surface area contributed by atoms with E-state index in [1.54, 1.807) is 6.07 Å². The van der Waals surface area contributed by atoms with Crippen LogP contribution in [0.15, 0.2) is 18.2 Å². The molecule has 1 aromatic rings. The number of aromatic carboxylic acids is 1. The van der Waals surface area contributed by atoms with E-state index in [2.05, 4.69) is 18.7 Å². The molecule has 0 aliphatic carbocycles. The zero-order valence-electron chi connectivity index (χ0n) is 11.0. The minimum atomic E-state index is -0.873. The predicted octanol–water partition coefficient (Wildman–Crippen LogP) is 2.31. The maximum atomic E-state index is 11.0. The topological polar surface area (TPSA) is 49.8 Å². The van der Waals surface area contributed by atoms with E-state index in [1.807, 2.05) is 19.1 Å². The molecule has 1 heterocycles. The quantitative estimate of drug-likeness (QED) is 0.873. The molecular weight excluding hydrogens is 230 g/mol. The van der Waals surface area contributed by atoms with Gasteiger partial charge < -0.3 is 14.7 Å². The monoisotopic (exact) mass is 249 g/mol. The fraction of sp³-hybridized carbons (Fsp3) is 0.500. The van der Waals surface area contributed by atoms with Gasteiger partial charge in [-0.15, -0.1) is 0 Å². The Morgan fingerprint density at radius 2 is 2.17 bits per heavy atom. The highest BCUT2D eigenvalue weighted by molar-refractivity contribution is 5.89. The van der Waals surface area contributed by atoms with Gasteiger partial charge in [0.05, 0.1) is 18.3 Å². The van der Waals surface area contributed by atoms with Gasteiger partial charge in [-0.25, -0.2) is 4.79 Å². The van der Waals surface area contributed by atoms with Crippen LogP contribution in [0.1, 0.15) is 29.8 Å². The van der Waals surface area contributed by atoms with Crippen LogP contribution in [0.4, 0.5) is 5.69 Å². The van der Waals surface area contributed by atoms with Gasteiger partial charge in [-0.05, 0) is 44.5 Å². The van der Waals surface area contributed by atoms with Crippen LogP contribution in [0.3, 0.4) is 0 Å². The number of ether oxygens (including phenoxy) is 1. The van der Waals surface area contributed by atoms with Crippen LogP contribution in [0.5, 0.6) is 0 Å². The van der Waals surface area contributed by atoms with Crippen LogP contribution in [-0.2, 0) is 4.74 Å². The van der Waals surface area contributed by atoms with Gasteiger partial charge in [-0.2, -0.15) is 0 Å². The van der Waals surface area contributed by atoms with Crippen molar-refractivity contribution in [3.05, 3.63) is 29.3 Å². The van der Waals surface area contributed by atoms with E-state index < -0.39 is 5.97 Å². The first-order chi connectivity index (χ1) is 8.49. The average Bonchev–Trinajstić information content (AvgIpc) is 2.31. The van der Waals surface area contributed by atoms with Crippen molar-refractivity contribution in [2.45, 2.75) is 32.9 Å². The normalized spacial score (nSPS) is 24.1. The van der Waals surface area contributed by atoms with Crippen LogP contribution in [0, 0.1) is 6.92 Å². The highest BCUT2D eigenvalue weighted by atomic mass is 16.5. The summed E-state index contributed by atoms with van der Waals surface area (Å²) in [6, 6.07) is 5.82. The zero-order chi connectivity index (χ0) is 13.3. The van der Waals surface area contributed by atoms with Gasteiger partial charge in [-0.1, -0.05) is 0 Å². The van der Waals surface area contributed by atoms with Crippen molar-refractivity contribution in [1.29, 1.82) is 0 Å². The molecule has 0 radical (unpaired) electrons. The summed E-state index contributed by atoms with van der Waals surface area (Å²) in [4.78, 5) is 13.3. The first-order valence-corrected chi connectivity index (χ1v) is 6.21. The number of hydrogen-bond donors (Lipinski definition) is 1. The Morgan fingerprint density at radius 3 is 2.78 bits per heavy atom. The Morgan fingerprint density at radius 1 is 1.44 bits per heavy atom. The fourth-order valence-corrected chi connectivity index (χ4v) is 2.33. The first-order valence-electron chi connectivity index (χ1n) is 6.21. The lowest BCUT2D eigenvalue weighted by Crippen LogP contribution is -2.47. The number of anilines is 1. The molecule has 0 amide bonds. The first kappa shape index (κ1) is 12.9. The molecule has 1 fully saturated rings. The van der Waals surface area contributed by atoms with Crippen LogP contribution in [0.25, 0.3) is 0 Å². The number of rotatable bonds is 2. The molecule has 2 unspecified atom stereocenters. The molecule has 0 spiro atoms. The summed E-state index contributed by atoms with van der Waals surface area (Å²) in [6.45, 7) is 7.55. The van der Waals surface area contributed by atoms with Crippen molar-refractivity contribution >= 4 is 11.7 Å². The van der Waals surface area contributed by atoms with Crippen molar-refractivity contribution in [3.63, 3.8) is 0 Å². The summed E-state index contributed by atoms with van der Waals surface area (Å²) in [7, 11) is 0. The van der Waals surface area contributed by atoms with Gasteiger partial charge in [0.25, 0.3) is 0 Å². The Hall–Kier alpha value is -1.55. The summed E-state index contributed by atoms with van der Waals surface area (Å²) in [5.41, 5.74) is 2.24. The largest absolute Gasteiger partial charge is 0.478 e. The second kappa shape index (κ2) is 4.98. The molecule has 1 aliphatic heterocycles. The van der Waals surface area contributed by atoms with Gasteiger partial charge in [0, 0.05) is 18.3 Å². The third-order valence-electron chi connectivity index (χ3n) is 3.38. The van der Waals surface area contributed by atoms with Gasteiger partial charge in [0.15, 0.2) is 0 Å². The minimum Gasteiger partial charge on any atom is -0.478 e. The minimum absolute atomic E-state index is 0.209. The molecule has 18 heavy (non-hydrogen) atoms. The number of benzene rings is 1. The highest BCUT2D eigenvalue weighted by Crippen LogP contribution is 2.24. The number of aryl methyl sites for hydroxylation is 1. The van der Waals surface area contributed by atoms with Crippen molar-refractivity contribution in [3.8, 4) is 0 Å². The van der Waals surface area contributed by atoms with Crippen LogP contribution in [-0.4, -0.2) is 36.4 Å². The molecule has 98 valence electrons. The molecule has 2 atom stereocenters. The molecule has 4 nitrogen and oxygen atoms in total. The van der Waals surface area contributed by atoms with E-state index in [9.17, 15) is 4.79 Å². The fourth-order valence-electron chi connectivity index (χ4n) is 2.33. The number of hydrogen-bond acceptors (Lipinski definition) is 3. The third kappa shape index (κ3) is 2.48. The van der Waals surface area contributed by atoms with Gasteiger partial charge >= 0.3 is 5.97 Å². The summed E-state index contributed by atoms with van der Waals surface area (Å²) >= 11 is 0. The average molecular weight is 249 g/mol. The van der Waals surface area contributed by atoms with E-state index in [-0.39, 0.29) is 6.10 Å². The van der Waals surface area contributed by atoms with E-state index >= 15 is 0 Å². The Kier molecular flexibility index (Phi) is 3.57. The molecule has 4 heteroatoms. The zero-order valence-corrected chi connectivity index (χ0v) is 11.0. The summed E-state index contributed by atoms with van der Waals surface area (Å²) < 4.78 is 5.60. The Bertz CT molecular complexity index is 458. The second-order valence-corrected chi connectivity index (χ2v) is 4.95. The van der Waals surface area contributed by atoms with Gasteiger partial charge in [0.1, 0.15) is 0 Å². The second-order valence-electron chi connectivity index (χ2n) is 4.95. The number of carboxylic acids is 1. The molecule has 2 rings (SSSR count). The van der Waals surface area contributed by atoms with E-state index in [4.69, 9.17) is 9.84 Å². The molecule has 1 N–H and O–H groups in total. The van der Waals surface area contributed by atoms with E-state index in [0.29, 0.717) is 18.2 Å². The lowest BCUT2D eigenvalue weighted by atomic mass is 10.1. The van der Waals surface area contributed by atoms with Crippen molar-refractivity contribution in [1.82, 2.24) is 0 Å². The Labute approximate surface area is 107 Å². The molecule has 1 aliphatic rings. The van der Waals surface area contributed by atoms with E-state index in [0.717, 1.165) is 17.8 Å². The maximum absolute atomic E-state index is 11.0. The van der Waals surface area contributed by atoms with Crippen LogP contribution in [0.2, 0.25) is 0 Å². The molecule has 1 saturated heterocycles. The number of carbonyl (C=O) groups is 1. The van der Waals surface area contributed by atoms with Crippen LogP contribution < -0.4 is 4.90 Å².